The van der Waals surface area contributed by atoms with E-state index in [4.69, 9.17) is 0 Å². The SMILES string of the molecule is CCC(CC)N(CCBr)c1nccc2ccccc12. The van der Waals surface area contributed by atoms with Crippen LogP contribution in [0.15, 0.2) is 36.5 Å². The van der Waals surface area contributed by atoms with Crippen molar-refractivity contribution < 1.29 is 0 Å². The molecular weight excluding hydrogens is 300 g/mol. The number of pyridine rings is 1. The minimum absolute atomic E-state index is 0.552. The van der Waals surface area contributed by atoms with Crippen LogP contribution in [0.3, 0.4) is 0 Å². The van der Waals surface area contributed by atoms with Gasteiger partial charge in [0, 0.05) is 29.5 Å². The maximum absolute atomic E-state index is 4.65. The first-order valence-corrected chi connectivity index (χ1v) is 8.10. The summed E-state index contributed by atoms with van der Waals surface area (Å²) in [5.74, 6) is 1.12. The van der Waals surface area contributed by atoms with Gasteiger partial charge in [0.1, 0.15) is 5.82 Å². The van der Waals surface area contributed by atoms with Gasteiger partial charge in [0.15, 0.2) is 0 Å². The number of halogens is 1. The molecule has 0 aliphatic carbocycles. The van der Waals surface area contributed by atoms with Crippen LogP contribution in [-0.4, -0.2) is 22.9 Å². The molecule has 1 aromatic heterocycles. The van der Waals surface area contributed by atoms with E-state index in [1.807, 2.05) is 6.20 Å². The molecular formula is C16H21BrN2. The molecule has 19 heavy (non-hydrogen) atoms. The summed E-state index contributed by atoms with van der Waals surface area (Å²) in [4.78, 5) is 7.09. The lowest BCUT2D eigenvalue weighted by molar-refractivity contribution is 0.565. The van der Waals surface area contributed by atoms with Crippen molar-refractivity contribution in [3.05, 3.63) is 36.5 Å². The monoisotopic (exact) mass is 320 g/mol. The Hall–Kier alpha value is -1.09. The normalized spacial score (nSPS) is 11.2. The molecule has 0 bridgehead atoms. The van der Waals surface area contributed by atoms with Gasteiger partial charge >= 0.3 is 0 Å². The summed E-state index contributed by atoms with van der Waals surface area (Å²) in [6.07, 6.45) is 4.21. The lowest BCUT2D eigenvalue weighted by Gasteiger charge is -2.32. The Kier molecular flexibility index (Phi) is 5.20. The second-order valence-corrected chi connectivity index (χ2v) is 5.50. The molecule has 0 unspecified atom stereocenters. The Bertz CT molecular complexity index is 518. The Balaban J connectivity index is 2.49. The van der Waals surface area contributed by atoms with Crippen LogP contribution in [0.25, 0.3) is 10.8 Å². The highest BCUT2D eigenvalue weighted by atomic mass is 79.9. The zero-order valence-corrected chi connectivity index (χ0v) is 13.2. The van der Waals surface area contributed by atoms with Crippen molar-refractivity contribution >= 4 is 32.5 Å². The molecule has 0 atom stereocenters. The molecule has 102 valence electrons. The molecule has 2 nitrogen and oxygen atoms in total. The van der Waals surface area contributed by atoms with E-state index in [2.05, 4.69) is 70.0 Å². The van der Waals surface area contributed by atoms with Crippen LogP contribution >= 0.6 is 15.9 Å². The quantitative estimate of drug-likeness (QED) is 0.722. The average Bonchev–Trinajstić information content (AvgIpc) is 2.47. The number of aromatic nitrogens is 1. The molecule has 0 saturated heterocycles. The van der Waals surface area contributed by atoms with E-state index in [0.29, 0.717) is 6.04 Å². The van der Waals surface area contributed by atoms with Gasteiger partial charge in [0.05, 0.1) is 0 Å². The second-order valence-electron chi connectivity index (χ2n) is 4.71. The van der Waals surface area contributed by atoms with Gasteiger partial charge in [0.25, 0.3) is 0 Å². The van der Waals surface area contributed by atoms with Gasteiger partial charge in [-0.2, -0.15) is 0 Å². The Morgan fingerprint density at radius 2 is 1.89 bits per heavy atom. The maximum Gasteiger partial charge on any atom is 0.136 e. The van der Waals surface area contributed by atoms with Gasteiger partial charge in [-0.15, -0.1) is 0 Å². The fourth-order valence-corrected chi connectivity index (χ4v) is 3.00. The van der Waals surface area contributed by atoms with E-state index >= 15 is 0 Å². The van der Waals surface area contributed by atoms with Crippen LogP contribution in [-0.2, 0) is 0 Å². The lowest BCUT2D eigenvalue weighted by Crippen LogP contribution is -2.36. The summed E-state index contributed by atoms with van der Waals surface area (Å²) in [5.41, 5.74) is 0. The Labute approximate surface area is 124 Å². The predicted molar refractivity (Wildman–Crippen MR) is 87.3 cm³/mol. The molecule has 1 aromatic carbocycles. The third kappa shape index (κ3) is 3.08. The van der Waals surface area contributed by atoms with Gasteiger partial charge in [-0.3, -0.25) is 0 Å². The number of anilines is 1. The highest BCUT2D eigenvalue weighted by molar-refractivity contribution is 9.09. The van der Waals surface area contributed by atoms with Crippen molar-refractivity contribution in [2.24, 2.45) is 0 Å². The molecule has 0 N–H and O–H groups in total. The fraction of sp³-hybridized carbons (Fsp3) is 0.438. The summed E-state index contributed by atoms with van der Waals surface area (Å²) in [6, 6.07) is 11.1. The number of nitrogens with zero attached hydrogens (tertiary/aromatic N) is 2. The van der Waals surface area contributed by atoms with Crippen molar-refractivity contribution in [3.8, 4) is 0 Å². The smallest absolute Gasteiger partial charge is 0.136 e. The Morgan fingerprint density at radius 1 is 1.16 bits per heavy atom. The van der Waals surface area contributed by atoms with E-state index in [1.165, 1.54) is 10.8 Å². The summed E-state index contributed by atoms with van der Waals surface area (Å²) in [5, 5.41) is 3.48. The first-order chi connectivity index (χ1) is 9.31. The Morgan fingerprint density at radius 3 is 2.58 bits per heavy atom. The standard InChI is InChI=1S/C16H21BrN2/c1-3-14(4-2)19(12-10-17)16-15-8-6-5-7-13(15)9-11-18-16/h5-9,11,14H,3-4,10,12H2,1-2H3. The van der Waals surface area contributed by atoms with Crippen molar-refractivity contribution in [2.45, 2.75) is 32.7 Å². The van der Waals surface area contributed by atoms with E-state index in [-0.39, 0.29) is 0 Å². The lowest BCUT2D eigenvalue weighted by atomic mass is 10.1. The van der Waals surface area contributed by atoms with Crippen molar-refractivity contribution in [1.82, 2.24) is 4.98 Å². The maximum atomic E-state index is 4.65. The fourth-order valence-electron chi connectivity index (χ4n) is 2.61. The summed E-state index contributed by atoms with van der Waals surface area (Å²) >= 11 is 3.57. The van der Waals surface area contributed by atoms with Crippen LogP contribution in [0.5, 0.6) is 0 Å². The van der Waals surface area contributed by atoms with Crippen LogP contribution in [0.2, 0.25) is 0 Å². The van der Waals surface area contributed by atoms with E-state index in [1.54, 1.807) is 0 Å². The van der Waals surface area contributed by atoms with Gasteiger partial charge in [0.2, 0.25) is 0 Å². The summed E-state index contributed by atoms with van der Waals surface area (Å²) in [7, 11) is 0. The topological polar surface area (TPSA) is 16.1 Å². The number of alkyl halides is 1. The molecule has 0 spiro atoms. The van der Waals surface area contributed by atoms with Crippen LogP contribution in [0.4, 0.5) is 5.82 Å². The third-order valence-corrected chi connectivity index (χ3v) is 3.99. The molecule has 0 fully saturated rings. The van der Waals surface area contributed by atoms with Crippen LogP contribution in [0.1, 0.15) is 26.7 Å². The summed E-state index contributed by atoms with van der Waals surface area (Å²) in [6.45, 7) is 5.49. The molecule has 0 aliphatic heterocycles. The average molecular weight is 321 g/mol. The molecule has 1 heterocycles. The molecule has 0 saturated carbocycles. The molecule has 3 heteroatoms. The minimum atomic E-state index is 0.552. The highest BCUT2D eigenvalue weighted by Gasteiger charge is 2.18. The van der Waals surface area contributed by atoms with Gasteiger partial charge in [-0.25, -0.2) is 4.98 Å². The van der Waals surface area contributed by atoms with Gasteiger partial charge < -0.3 is 4.90 Å². The van der Waals surface area contributed by atoms with E-state index < -0.39 is 0 Å². The second kappa shape index (κ2) is 6.90. The van der Waals surface area contributed by atoms with Crippen molar-refractivity contribution in [2.75, 3.05) is 16.8 Å². The number of rotatable bonds is 6. The predicted octanol–water partition coefficient (Wildman–Crippen LogP) is 4.62. The van der Waals surface area contributed by atoms with Crippen molar-refractivity contribution in [3.63, 3.8) is 0 Å². The highest BCUT2D eigenvalue weighted by Crippen LogP contribution is 2.27. The van der Waals surface area contributed by atoms with E-state index in [9.17, 15) is 0 Å². The van der Waals surface area contributed by atoms with E-state index in [0.717, 1.165) is 30.5 Å². The van der Waals surface area contributed by atoms with Gasteiger partial charge in [-0.05, 0) is 24.3 Å². The number of hydrogen-bond donors (Lipinski definition) is 0. The number of fused-ring (bicyclic) bond motifs is 1. The molecule has 2 aromatic rings. The first kappa shape index (κ1) is 14.3. The molecule has 0 amide bonds. The zero-order valence-electron chi connectivity index (χ0n) is 11.6. The largest absolute Gasteiger partial charge is 0.352 e. The first-order valence-electron chi connectivity index (χ1n) is 6.98. The minimum Gasteiger partial charge on any atom is -0.352 e. The number of hydrogen-bond acceptors (Lipinski definition) is 2. The van der Waals surface area contributed by atoms with Crippen LogP contribution < -0.4 is 4.90 Å². The molecule has 0 aliphatic rings. The van der Waals surface area contributed by atoms with Crippen molar-refractivity contribution in [1.29, 1.82) is 0 Å². The number of benzene rings is 1. The van der Waals surface area contributed by atoms with Gasteiger partial charge in [-0.1, -0.05) is 54.0 Å². The zero-order chi connectivity index (χ0) is 13.7. The van der Waals surface area contributed by atoms with Crippen LogP contribution in [0, 0.1) is 0 Å². The molecule has 0 radical (unpaired) electrons. The third-order valence-electron chi connectivity index (χ3n) is 3.63. The summed E-state index contributed by atoms with van der Waals surface area (Å²) < 4.78 is 0. The molecule has 2 rings (SSSR count).